The number of halogens is 1. The molecular weight excluding hydrogens is 363 g/mol. The molecule has 7 nitrogen and oxygen atoms in total. The van der Waals surface area contributed by atoms with Crippen molar-refractivity contribution in [2.24, 2.45) is 0 Å². The van der Waals surface area contributed by atoms with Gasteiger partial charge >= 0.3 is 5.69 Å². The molecule has 1 amide bonds. The summed E-state index contributed by atoms with van der Waals surface area (Å²) in [7, 11) is 0. The number of nitrogens with zero attached hydrogens (tertiary/aromatic N) is 3. The minimum Gasteiger partial charge on any atom is -0.326 e. The molecule has 0 unspecified atom stereocenters. The van der Waals surface area contributed by atoms with Gasteiger partial charge in [-0.15, -0.1) is 0 Å². The minimum atomic E-state index is -0.939. The summed E-state index contributed by atoms with van der Waals surface area (Å²) in [6, 6.07) is 13.0. The number of aromatic nitrogens is 2. The van der Waals surface area contributed by atoms with Gasteiger partial charge in [-0.2, -0.15) is 9.49 Å². The zero-order valence-electron chi connectivity index (χ0n) is 15.5. The van der Waals surface area contributed by atoms with Gasteiger partial charge in [0.25, 0.3) is 0 Å². The number of carbonyl (C=O) groups excluding carboxylic acids is 1. The molecular formula is C20H19FN4O3. The molecule has 1 N–H and O–H groups in total. The Labute approximate surface area is 161 Å². The number of anilines is 1. The molecule has 0 fully saturated rings. The number of rotatable bonds is 6. The first-order valence-corrected chi connectivity index (χ1v) is 8.70. The lowest BCUT2D eigenvalue weighted by Gasteiger charge is -2.07. The van der Waals surface area contributed by atoms with E-state index in [4.69, 9.17) is 0 Å². The molecule has 3 aromatic rings. The summed E-state index contributed by atoms with van der Waals surface area (Å²) < 4.78 is 15.2. The third-order valence-electron chi connectivity index (χ3n) is 4.26. The summed E-state index contributed by atoms with van der Waals surface area (Å²) in [6.07, 6.45) is 0.705. The van der Waals surface area contributed by atoms with Crippen molar-refractivity contribution in [3.8, 4) is 5.69 Å². The number of nitrogens with one attached hydrogen (secondary N) is 1. The second-order valence-corrected chi connectivity index (χ2v) is 6.48. The number of nitro benzene ring substituents is 1. The highest BCUT2D eigenvalue weighted by molar-refractivity contribution is 5.91. The van der Waals surface area contributed by atoms with Crippen molar-refractivity contribution in [1.29, 1.82) is 0 Å². The summed E-state index contributed by atoms with van der Waals surface area (Å²) in [5, 5.41) is 17.8. The maximum Gasteiger partial charge on any atom is 0.306 e. The van der Waals surface area contributed by atoms with Crippen LogP contribution in [0.1, 0.15) is 23.4 Å². The normalized spacial score (nSPS) is 10.7. The molecule has 1 aromatic heterocycles. The topological polar surface area (TPSA) is 90.1 Å². The molecule has 0 aliphatic rings. The molecule has 28 heavy (non-hydrogen) atoms. The minimum absolute atomic E-state index is 0.193. The highest BCUT2D eigenvalue weighted by Gasteiger charge is 2.15. The van der Waals surface area contributed by atoms with Crippen molar-refractivity contribution in [1.82, 2.24) is 9.78 Å². The Balaban J connectivity index is 1.60. The van der Waals surface area contributed by atoms with Gasteiger partial charge in [0, 0.05) is 23.9 Å². The summed E-state index contributed by atoms with van der Waals surface area (Å²) in [5.74, 6) is -1.24. The molecule has 0 aliphatic heterocycles. The zero-order chi connectivity index (χ0) is 20.3. The lowest BCUT2D eigenvalue weighted by atomic mass is 10.1. The van der Waals surface area contributed by atoms with Gasteiger partial charge in [0.2, 0.25) is 11.7 Å². The van der Waals surface area contributed by atoms with Crippen LogP contribution in [0.5, 0.6) is 0 Å². The SMILES string of the molecule is Cc1cc(C)n(-c2ccc(CCC(=O)Nc3ccc(F)c([N+](=O)[O-])c3)cc2)n1. The van der Waals surface area contributed by atoms with Crippen LogP contribution in [0.25, 0.3) is 5.69 Å². The quantitative estimate of drug-likeness (QED) is 0.513. The Bertz CT molecular complexity index is 1030. The van der Waals surface area contributed by atoms with E-state index in [2.05, 4.69) is 10.4 Å². The zero-order valence-corrected chi connectivity index (χ0v) is 15.5. The number of hydrogen-bond donors (Lipinski definition) is 1. The number of amides is 1. The van der Waals surface area contributed by atoms with Crippen molar-refractivity contribution in [3.05, 3.63) is 81.4 Å². The van der Waals surface area contributed by atoms with Crippen LogP contribution in [0.15, 0.2) is 48.5 Å². The number of aryl methyl sites for hydroxylation is 3. The van der Waals surface area contributed by atoms with Crippen molar-refractivity contribution in [2.75, 3.05) is 5.32 Å². The molecule has 0 bridgehead atoms. The lowest BCUT2D eigenvalue weighted by molar-refractivity contribution is -0.387. The van der Waals surface area contributed by atoms with E-state index in [9.17, 15) is 19.3 Å². The Hall–Kier alpha value is -3.55. The maximum absolute atomic E-state index is 13.3. The fourth-order valence-corrected chi connectivity index (χ4v) is 2.91. The molecule has 3 rings (SSSR count). The summed E-state index contributed by atoms with van der Waals surface area (Å²) in [5.41, 5.74) is 3.43. The molecule has 0 saturated heterocycles. The van der Waals surface area contributed by atoms with Gasteiger partial charge in [-0.1, -0.05) is 12.1 Å². The van der Waals surface area contributed by atoms with Gasteiger partial charge in [-0.05, 0) is 56.2 Å². The first-order chi connectivity index (χ1) is 13.3. The van der Waals surface area contributed by atoms with E-state index in [1.165, 1.54) is 6.07 Å². The van der Waals surface area contributed by atoms with E-state index in [-0.39, 0.29) is 18.0 Å². The van der Waals surface area contributed by atoms with Gasteiger partial charge < -0.3 is 5.32 Å². The standard InChI is InChI=1S/C20H19FN4O3/c1-13-11-14(2)24(23-13)17-7-3-15(4-8-17)5-10-20(26)22-16-6-9-18(21)19(12-16)25(27)28/h3-4,6-9,11-12H,5,10H2,1-2H3,(H,22,26). The molecule has 8 heteroatoms. The van der Waals surface area contributed by atoms with Gasteiger partial charge in [0.15, 0.2) is 0 Å². The predicted molar refractivity (Wildman–Crippen MR) is 103 cm³/mol. The molecule has 0 saturated carbocycles. The number of nitro groups is 1. The largest absolute Gasteiger partial charge is 0.326 e. The molecule has 0 atom stereocenters. The molecule has 0 spiro atoms. The molecule has 144 valence electrons. The van der Waals surface area contributed by atoms with Gasteiger partial charge in [-0.3, -0.25) is 14.9 Å². The predicted octanol–water partition coefficient (Wildman–Crippen LogP) is 4.11. The smallest absolute Gasteiger partial charge is 0.306 e. The third-order valence-corrected chi connectivity index (χ3v) is 4.26. The Morgan fingerprint density at radius 2 is 1.89 bits per heavy atom. The molecule has 0 radical (unpaired) electrons. The first-order valence-electron chi connectivity index (χ1n) is 8.70. The van der Waals surface area contributed by atoms with Crippen LogP contribution in [0.4, 0.5) is 15.8 Å². The van der Waals surface area contributed by atoms with E-state index in [0.29, 0.717) is 6.42 Å². The van der Waals surface area contributed by atoms with E-state index < -0.39 is 16.4 Å². The second-order valence-electron chi connectivity index (χ2n) is 6.48. The Morgan fingerprint density at radius 3 is 2.50 bits per heavy atom. The van der Waals surface area contributed by atoms with Crippen molar-refractivity contribution in [3.63, 3.8) is 0 Å². The first kappa shape index (κ1) is 19.2. The second kappa shape index (κ2) is 7.99. The van der Waals surface area contributed by atoms with Crippen LogP contribution in [-0.2, 0) is 11.2 Å². The van der Waals surface area contributed by atoms with Crippen LogP contribution in [0, 0.1) is 29.8 Å². The van der Waals surface area contributed by atoms with Crippen LogP contribution < -0.4 is 5.32 Å². The van der Waals surface area contributed by atoms with Crippen LogP contribution >= 0.6 is 0 Å². The molecule has 2 aromatic carbocycles. The van der Waals surface area contributed by atoms with Gasteiger partial charge in [0.1, 0.15) is 0 Å². The van der Waals surface area contributed by atoms with E-state index in [0.717, 1.165) is 34.8 Å². The highest BCUT2D eigenvalue weighted by Crippen LogP contribution is 2.22. The molecule has 0 aliphatic carbocycles. The Kier molecular flexibility index (Phi) is 5.49. The van der Waals surface area contributed by atoms with Crippen LogP contribution in [0.3, 0.4) is 0 Å². The van der Waals surface area contributed by atoms with Crippen molar-refractivity contribution < 1.29 is 14.1 Å². The monoisotopic (exact) mass is 382 g/mol. The Morgan fingerprint density at radius 1 is 1.18 bits per heavy atom. The lowest BCUT2D eigenvalue weighted by Crippen LogP contribution is -2.12. The van der Waals surface area contributed by atoms with Crippen LogP contribution in [-0.4, -0.2) is 20.6 Å². The summed E-state index contributed by atoms with van der Waals surface area (Å²) in [4.78, 5) is 22.0. The highest BCUT2D eigenvalue weighted by atomic mass is 19.1. The summed E-state index contributed by atoms with van der Waals surface area (Å²) >= 11 is 0. The molecule has 1 heterocycles. The van der Waals surface area contributed by atoms with Crippen LogP contribution in [0.2, 0.25) is 0 Å². The third kappa shape index (κ3) is 4.40. The summed E-state index contributed by atoms with van der Waals surface area (Å²) in [6.45, 7) is 3.92. The number of benzene rings is 2. The van der Waals surface area contributed by atoms with Gasteiger partial charge in [0.05, 0.1) is 16.3 Å². The maximum atomic E-state index is 13.3. The number of carbonyl (C=O) groups is 1. The fraction of sp³-hybridized carbons (Fsp3) is 0.200. The van der Waals surface area contributed by atoms with E-state index in [1.54, 1.807) is 0 Å². The van der Waals surface area contributed by atoms with E-state index in [1.807, 2.05) is 48.9 Å². The fourth-order valence-electron chi connectivity index (χ4n) is 2.91. The van der Waals surface area contributed by atoms with Gasteiger partial charge in [-0.25, -0.2) is 4.68 Å². The van der Waals surface area contributed by atoms with Crippen molar-refractivity contribution >= 4 is 17.3 Å². The average molecular weight is 382 g/mol. The average Bonchev–Trinajstić information content (AvgIpc) is 3.00. The van der Waals surface area contributed by atoms with Crippen molar-refractivity contribution in [2.45, 2.75) is 26.7 Å². The number of hydrogen-bond acceptors (Lipinski definition) is 4. The van der Waals surface area contributed by atoms with E-state index >= 15 is 0 Å².